The monoisotopic (exact) mass is 495 g/mol. The van der Waals surface area contributed by atoms with Crippen LogP contribution in [0.3, 0.4) is 0 Å². The molecule has 2 unspecified atom stereocenters. The molecule has 0 aromatic carbocycles. The van der Waals surface area contributed by atoms with E-state index >= 15 is 0 Å². The molecule has 13 heteroatoms. The van der Waals surface area contributed by atoms with Gasteiger partial charge in [0.2, 0.25) is 5.91 Å². The molecule has 4 rings (SSSR count). The van der Waals surface area contributed by atoms with Gasteiger partial charge in [0.1, 0.15) is 18.0 Å². The number of hydrazine groups is 1. The van der Waals surface area contributed by atoms with Crippen molar-refractivity contribution in [1.29, 1.82) is 5.26 Å². The fourth-order valence-electron chi connectivity index (χ4n) is 4.88. The van der Waals surface area contributed by atoms with Crippen LogP contribution in [-0.2, 0) is 14.3 Å². The summed E-state index contributed by atoms with van der Waals surface area (Å²) in [6.45, 7) is 2.16. The summed E-state index contributed by atoms with van der Waals surface area (Å²) in [7, 11) is 0. The number of hydrogen-bond acceptors (Lipinski definition) is 8. The van der Waals surface area contributed by atoms with E-state index in [9.17, 15) is 22.8 Å². The fraction of sp³-hybridized carbons (Fsp3) is 0.636. The zero-order valence-electron chi connectivity index (χ0n) is 19.1. The molecule has 190 valence electrons. The summed E-state index contributed by atoms with van der Waals surface area (Å²) < 4.78 is 45.3. The highest BCUT2D eigenvalue weighted by molar-refractivity contribution is 5.83. The second kappa shape index (κ2) is 10.8. The Hall–Kier alpha value is -2.95. The lowest BCUT2D eigenvalue weighted by atomic mass is 9.96. The molecule has 0 saturated carbocycles. The molecule has 1 aromatic heterocycles. The summed E-state index contributed by atoms with van der Waals surface area (Å²) in [4.78, 5) is 32.8. The normalized spacial score (nSPS) is 26.1. The van der Waals surface area contributed by atoms with Crippen LogP contribution in [0.15, 0.2) is 18.3 Å². The summed E-state index contributed by atoms with van der Waals surface area (Å²) in [6.07, 6.45) is -1.60. The van der Waals surface area contributed by atoms with Crippen LogP contribution >= 0.6 is 0 Å². The number of rotatable bonds is 7. The maximum Gasteiger partial charge on any atom is 0.402 e. The minimum absolute atomic E-state index is 0.0652. The second-order valence-electron chi connectivity index (χ2n) is 8.86. The predicted octanol–water partition coefficient (Wildman–Crippen LogP) is 0.311. The van der Waals surface area contributed by atoms with Gasteiger partial charge in [-0.15, -0.1) is 0 Å². The Morgan fingerprint density at radius 2 is 1.97 bits per heavy atom. The Kier molecular flexibility index (Phi) is 7.73. The number of likely N-dealkylation sites (tertiary alicyclic amines) is 1. The molecule has 0 radical (unpaired) electrons. The van der Waals surface area contributed by atoms with E-state index in [1.54, 1.807) is 12.3 Å². The first-order chi connectivity index (χ1) is 16.8. The van der Waals surface area contributed by atoms with Crippen LogP contribution in [0.1, 0.15) is 24.8 Å². The average Bonchev–Trinajstić information content (AvgIpc) is 3.21. The molecule has 0 spiro atoms. The van der Waals surface area contributed by atoms with Crippen molar-refractivity contribution >= 4 is 17.6 Å². The Morgan fingerprint density at radius 1 is 1.20 bits per heavy atom. The molecule has 4 heterocycles. The number of pyridine rings is 1. The summed E-state index contributed by atoms with van der Waals surface area (Å²) in [6, 6.07) is 4.60. The topological polar surface area (TPSA) is 123 Å². The number of ether oxygens (including phenoxy) is 1. The van der Waals surface area contributed by atoms with Crippen LogP contribution < -0.4 is 21.1 Å². The van der Waals surface area contributed by atoms with E-state index in [-0.39, 0.29) is 31.6 Å². The highest BCUT2D eigenvalue weighted by Gasteiger charge is 2.51. The van der Waals surface area contributed by atoms with Crippen LogP contribution in [0.25, 0.3) is 0 Å². The highest BCUT2D eigenvalue weighted by atomic mass is 19.4. The first kappa shape index (κ1) is 25.2. The lowest BCUT2D eigenvalue weighted by Crippen LogP contribution is -2.63. The number of piperidine rings is 1. The van der Waals surface area contributed by atoms with Gasteiger partial charge in [-0.1, -0.05) is 0 Å². The number of anilines is 1. The predicted molar refractivity (Wildman–Crippen MR) is 118 cm³/mol. The van der Waals surface area contributed by atoms with Crippen LogP contribution in [0.4, 0.5) is 19.0 Å². The molecule has 2 amide bonds. The molecule has 3 aliphatic rings. The summed E-state index contributed by atoms with van der Waals surface area (Å²) in [5.74, 6) is -2.54. The number of carbonyl (C=O) groups excluding carboxylic acids is 2. The molecular formula is C22H28F3N7O3. The van der Waals surface area contributed by atoms with Crippen molar-refractivity contribution < 1.29 is 27.5 Å². The first-order valence-corrected chi connectivity index (χ1v) is 11.6. The zero-order valence-corrected chi connectivity index (χ0v) is 19.1. The van der Waals surface area contributed by atoms with Crippen molar-refractivity contribution in [3.8, 4) is 6.07 Å². The van der Waals surface area contributed by atoms with E-state index in [0.717, 1.165) is 31.7 Å². The van der Waals surface area contributed by atoms with Crippen LogP contribution in [0.2, 0.25) is 0 Å². The molecule has 1 aromatic rings. The largest absolute Gasteiger partial charge is 0.402 e. The molecule has 3 N–H and O–H groups in total. The Labute approximate surface area is 200 Å². The van der Waals surface area contributed by atoms with E-state index in [4.69, 9.17) is 10.00 Å². The Balaban J connectivity index is 1.20. The number of amides is 2. The van der Waals surface area contributed by atoms with Crippen LogP contribution in [-0.4, -0.2) is 85.4 Å². The molecule has 3 fully saturated rings. The third-order valence-electron chi connectivity index (χ3n) is 6.70. The summed E-state index contributed by atoms with van der Waals surface area (Å²) >= 11 is 0. The van der Waals surface area contributed by atoms with Gasteiger partial charge < -0.3 is 19.9 Å². The highest BCUT2D eigenvalue weighted by Crippen LogP contribution is 2.30. The molecule has 3 atom stereocenters. The number of aromatic nitrogens is 1. The SMILES string of the molecule is N#Cc1ccc(N2CCC(N3CC[C@H](OCCNC4CNNC(=O)C4C(F)(F)F)C3=O)CC2)nc1. The minimum atomic E-state index is -4.65. The number of carbonyl (C=O) groups is 2. The van der Waals surface area contributed by atoms with Crippen molar-refractivity contribution in [2.24, 2.45) is 5.92 Å². The standard InChI is InChI=1S/C22H28F3N7O3/c23-22(24,25)19-16(13-29-30-20(19)33)27-6-10-35-17-5-9-32(21(17)34)15-3-7-31(8-4-15)18-2-1-14(11-26)12-28-18/h1-2,12,15-17,19,27,29H,3-10,13H2,(H,30,33)/t16?,17-,19?/m0/s1. The van der Waals surface area contributed by atoms with E-state index < -0.39 is 30.1 Å². The number of halogens is 3. The van der Waals surface area contributed by atoms with Gasteiger partial charge in [0.15, 0.2) is 5.92 Å². The van der Waals surface area contributed by atoms with E-state index in [1.165, 1.54) is 0 Å². The Bertz CT molecular complexity index is 945. The van der Waals surface area contributed by atoms with Crippen LogP contribution in [0, 0.1) is 17.2 Å². The van der Waals surface area contributed by atoms with Gasteiger partial charge in [0.25, 0.3) is 5.91 Å². The second-order valence-corrected chi connectivity index (χ2v) is 8.86. The number of nitriles is 1. The van der Waals surface area contributed by atoms with Crippen LogP contribution in [0.5, 0.6) is 0 Å². The van der Waals surface area contributed by atoms with E-state index in [0.29, 0.717) is 18.5 Å². The van der Waals surface area contributed by atoms with Gasteiger partial charge >= 0.3 is 6.18 Å². The lowest BCUT2D eigenvalue weighted by Gasteiger charge is -2.37. The minimum Gasteiger partial charge on any atom is -0.367 e. The number of nitrogens with zero attached hydrogens (tertiary/aromatic N) is 4. The summed E-state index contributed by atoms with van der Waals surface area (Å²) in [5, 5.41) is 11.6. The average molecular weight is 496 g/mol. The molecule has 3 aliphatic heterocycles. The smallest absolute Gasteiger partial charge is 0.367 e. The van der Waals surface area contributed by atoms with Gasteiger partial charge in [-0.25, -0.2) is 10.4 Å². The van der Waals surface area contributed by atoms with Crippen molar-refractivity contribution in [2.75, 3.05) is 44.2 Å². The third-order valence-corrected chi connectivity index (χ3v) is 6.70. The molecule has 35 heavy (non-hydrogen) atoms. The lowest BCUT2D eigenvalue weighted by molar-refractivity contribution is -0.192. The number of hydrogen-bond donors (Lipinski definition) is 3. The van der Waals surface area contributed by atoms with Crippen molar-refractivity contribution in [3.05, 3.63) is 23.9 Å². The van der Waals surface area contributed by atoms with Gasteiger partial charge in [0, 0.05) is 57.4 Å². The maximum atomic E-state index is 13.2. The maximum absolute atomic E-state index is 13.2. The number of alkyl halides is 3. The van der Waals surface area contributed by atoms with E-state index in [2.05, 4.69) is 20.6 Å². The third kappa shape index (κ3) is 5.83. The Morgan fingerprint density at radius 3 is 2.63 bits per heavy atom. The van der Waals surface area contributed by atoms with Gasteiger partial charge in [-0.05, 0) is 25.0 Å². The van der Waals surface area contributed by atoms with E-state index in [1.807, 2.05) is 22.5 Å². The van der Waals surface area contributed by atoms with Gasteiger partial charge in [-0.3, -0.25) is 15.0 Å². The van der Waals surface area contributed by atoms with Crippen molar-refractivity contribution in [1.82, 2.24) is 26.1 Å². The molecule has 0 bridgehead atoms. The molecule has 3 saturated heterocycles. The first-order valence-electron chi connectivity index (χ1n) is 11.6. The van der Waals surface area contributed by atoms with Gasteiger partial charge in [0.05, 0.1) is 12.2 Å². The fourth-order valence-corrected chi connectivity index (χ4v) is 4.88. The molecular weight excluding hydrogens is 467 g/mol. The van der Waals surface area contributed by atoms with Crippen molar-refractivity contribution in [2.45, 2.75) is 43.6 Å². The quantitative estimate of drug-likeness (QED) is 0.462. The molecule has 0 aliphatic carbocycles. The van der Waals surface area contributed by atoms with Gasteiger partial charge in [-0.2, -0.15) is 18.4 Å². The molecule has 10 nitrogen and oxygen atoms in total. The van der Waals surface area contributed by atoms with Crippen molar-refractivity contribution in [3.63, 3.8) is 0 Å². The zero-order chi connectivity index (χ0) is 25.0. The number of nitrogens with one attached hydrogen (secondary N) is 3. The summed E-state index contributed by atoms with van der Waals surface area (Å²) in [5.41, 5.74) is 4.97.